The van der Waals surface area contributed by atoms with Gasteiger partial charge in [-0.05, 0) is 37.6 Å². The summed E-state index contributed by atoms with van der Waals surface area (Å²) in [7, 11) is 0. The third kappa shape index (κ3) is 5.46. The molecule has 0 saturated carbocycles. The summed E-state index contributed by atoms with van der Waals surface area (Å²) in [6.07, 6.45) is 1.53. The Hall–Kier alpha value is -3.27. The highest BCUT2D eigenvalue weighted by Crippen LogP contribution is 2.27. The number of nitrogens with one attached hydrogen (secondary N) is 1. The quantitative estimate of drug-likeness (QED) is 0.187. The summed E-state index contributed by atoms with van der Waals surface area (Å²) in [4.78, 5) is 8.42. The molecule has 3 rings (SSSR count). The lowest BCUT2D eigenvalue weighted by Crippen LogP contribution is -2.15. The van der Waals surface area contributed by atoms with Crippen LogP contribution >= 0.6 is 15.9 Å². The zero-order valence-corrected chi connectivity index (χ0v) is 18.2. The monoisotopic (exact) mass is 491 g/mol. The summed E-state index contributed by atoms with van der Waals surface area (Å²) < 4.78 is 33.9. The van der Waals surface area contributed by atoms with Gasteiger partial charge in [-0.3, -0.25) is 0 Å². The van der Waals surface area contributed by atoms with Crippen molar-refractivity contribution < 1.29 is 18.7 Å². The minimum atomic E-state index is -0.605. The second kappa shape index (κ2) is 10.2. The van der Waals surface area contributed by atoms with Gasteiger partial charge in [0.15, 0.2) is 5.84 Å². The molecule has 7 nitrogen and oxygen atoms in total. The highest BCUT2D eigenvalue weighted by Gasteiger charge is 2.13. The number of oxime groups is 1. The molecular weight excluding hydrogens is 472 g/mol. The molecule has 0 unspecified atom stereocenters. The maximum atomic E-state index is 14.0. The zero-order valence-electron chi connectivity index (χ0n) is 16.6. The van der Waals surface area contributed by atoms with Crippen LogP contribution in [0.25, 0.3) is 11.3 Å². The van der Waals surface area contributed by atoms with Crippen molar-refractivity contribution in [3.05, 3.63) is 70.0 Å². The van der Waals surface area contributed by atoms with Crippen molar-refractivity contribution in [2.24, 2.45) is 10.9 Å². The zero-order chi connectivity index (χ0) is 22.4. The van der Waals surface area contributed by atoms with Crippen molar-refractivity contribution in [3.8, 4) is 17.0 Å². The molecule has 0 atom stereocenters. The van der Waals surface area contributed by atoms with Gasteiger partial charge >= 0.3 is 0 Å². The first-order chi connectivity index (χ1) is 14.9. The van der Waals surface area contributed by atoms with Gasteiger partial charge in [0.05, 0.1) is 17.9 Å². The van der Waals surface area contributed by atoms with Crippen LogP contribution in [-0.4, -0.2) is 34.2 Å². The summed E-state index contributed by atoms with van der Waals surface area (Å²) in [6.45, 7) is 2.50. The fraction of sp³-hybridized carbons (Fsp3) is 0.190. The first-order valence-corrected chi connectivity index (χ1v) is 10.2. The summed E-state index contributed by atoms with van der Waals surface area (Å²) in [6, 6.07) is 9.33. The number of hydrogen-bond acceptors (Lipinski definition) is 6. The van der Waals surface area contributed by atoms with Gasteiger partial charge in [-0.25, -0.2) is 18.7 Å². The number of nitrogens with zero attached hydrogens (tertiary/aromatic N) is 3. The Morgan fingerprint density at radius 3 is 2.61 bits per heavy atom. The highest BCUT2D eigenvalue weighted by molar-refractivity contribution is 9.10. The number of nitrogens with two attached hydrogens (primary N) is 1. The summed E-state index contributed by atoms with van der Waals surface area (Å²) in [5.41, 5.74) is 7.49. The molecule has 10 heteroatoms. The van der Waals surface area contributed by atoms with E-state index in [0.29, 0.717) is 33.9 Å². The van der Waals surface area contributed by atoms with Crippen LogP contribution in [0.5, 0.6) is 5.75 Å². The average Bonchev–Trinajstić information content (AvgIpc) is 2.75. The molecule has 2 aromatic carbocycles. The molecule has 0 spiro atoms. The fourth-order valence-electron chi connectivity index (χ4n) is 2.96. The Balaban J connectivity index is 1.77. The third-order valence-electron chi connectivity index (χ3n) is 4.41. The van der Waals surface area contributed by atoms with Gasteiger partial charge in [0.1, 0.15) is 29.5 Å². The average molecular weight is 492 g/mol. The maximum Gasteiger partial charge on any atom is 0.173 e. The van der Waals surface area contributed by atoms with Gasteiger partial charge in [0.2, 0.25) is 0 Å². The first-order valence-electron chi connectivity index (χ1n) is 9.37. The predicted octanol–water partition coefficient (Wildman–Crippen LogP) is 4.33. The molecule has 162 valence electrons. The van der Waals surface area contributed by atoms with E-state index >= 15 is 0 Å². The van der Waals surface area contributed by atoms with E-state index in [1.165, 1.54) is 18.5 Å². The standard InChI is InChI=1S/C21H20BrF2N5O2/c1-2-31-19-7-12(3-4-15(19)21(25)29-30)18-10-20(28-11-27-18)26-6-5-14-16(23)8-13(22)9-17(14)24/h3-4,7-11,30H,2,5-6H2,1H3,(H2,25,29)(H,26,27,28). The van der Waals surface area contributed by atoms with Gasteiger partial charge in [-0.15, -0.1) is 0 Å². The van der Waals surface area contributed by atoms with E-state index in [2.05, 4.69) is 36.4 Å². The number of rotatable bonds is 8. The molecular formula is C21H20BrF2N5O2. The van der Waals surface area contributed by atoms with Crippen LogP contribution in [-0.2, 0) is 6.42 Å². The number of anilines is 1. The molecule has 1 heterocycles. The van der Waals surface area contributed by atoms with Crippen molar-refractivity contribution in [2.45, 2.75) is 13.3 Å². The van der Waals surface area contributed by atoms with Crippen molar-refractivity contribution in [1.82, 2.24) is 9.97 Å². The molecule has 4 N–H and O–H groups in total. The van der Waals surface area contributed by atoms with Crippen molar-refractivity contribution in [3.63, 3.8) is 0 Å². The lowest BCUT2D eigenvalue weighted by Gasteiger charge is -2.12. The summed E-state index contributed by atoms with van der Waals surface area (Å²) >= 11 is 3.07. The van der Waals surface area contributed by atoms with E-state index < -0.39 is 11.6 Å². The Bertz CT molecular complexity index is 1090. The second-order valence-corrected chi connectivity index (χ2v) is 7.36. The number of amidine groups is 1. The largest absolute Gasteiger partial charge is 0.493 e. The number of ether oxygens (including phenoxy) is 1. The minimum absolute atomic E-state index is 0.00469. The summed E-state index contributed by atoms with van der Waals surface area (Å²) in [5.74, 6) is -0.323. The van der Waals surface area contributed by atoms with E-state index in [1.807, 2.05) is 6.92 Å². The number of aromatic nitrogens is 2. The van der Waals surface area contributed by atoms with Crippen LogP contribution in [0.15, 0.2) is 52.4 Å². The Labute approximate surface area is 186 Å². The van der Waals surface area contributed by atoms with Crippen LogP contribution in [0.3, 0.4) is 0 Å². The molecule has 1 aromatic heterocycles. The second-order valence-electron chi connectivity index (χ2n) is 6.44. The Kier molecular flexibility index (Phi) is 7.35. The first kappa shape index (κ1) is 22.4. The highest BCUT2D eigenvalue weighted by atomic mass is 79.9. The summed E-state index contributed by atoms with van der Waals surface area (Å²) in [5, 5.41) is 15.0. The Morgan fingerprint density at radius 2 is 1.94 bits per heavy atom. The lowest BCUT2D eigenvalue weighted by atomic mass is 10.1. The predicted molar refractivity (Wildman–Crippen MR) is 117 cm³/mol. The minimum Gasteiger partial charge on any atom is -0.493 e. The van der Waals surface area contributed by atoms with Crippen LogP contribution in [0, 0.1) is 11.6 Å². The Morgan fingerprint density at radius 1 is 1.19 bits per heavy atom. The molecule has 0 aliphatic heterocycles. The molecule has 31 heavy (non-hydrogen) atoms. The van der Waals surface area contributed by atoms with Gasteiger partial charge in [0, 0.05) is 28.2 Å². The SMILES string of the molecule is CCOc1cc(-c2cc(NCCc3c(F)cc(Br)cc3F)ncn2)ccc1C(N)=NO. The van der Waals surface area contributed by atoms with Gasteiger partial charge in [0.25, 0.3) is 0 Å². The van der Waals surface area contributed by atoms with E-state index in [0.717, 1.165) is 5.56 Å². The molecule has 0 amide bonds. The number of benzene rings is 2. The van der Waals surface area contributed by atoms with Gasteiger partial charge in [-0.1, -0.05) is 27.2 Å². The van der Waals surface area contributed by atoms with E-state index in [1.54, 1.807) is 24.3 Å². The van der Waals surface area contributed by atoms with Crippen LogP contribution in [0.1, 0.15) is 18.1 Å². The molecule has 0 saturated heterocycles. The van der Waals surface area contributed by atoms with Crippen LogP contribution in [0.2, 0.25) is 0 Å². The molecule has 3 aromatic rings. The van der Waals surface area contributed by atoms with E-state index in [4.69, 9.17) is 15.7 Å². The van der Waals surface area contributed by atoms with E-state index in [-0.39, 0.29) is 24.4 Å². The molecule has 0 aliphatic carbocycles. The van der Waals surface area contributed by atoms with Gasteiger partial charge in [-0.2, -0.15) is 0 Å². The lowest BCUT2D eigenvalue weighted by molar-refractivity contribution is 0.317. The molecule has 0 fully saturated rings. The number of halogens is 3. The van der Waals surface area contributed by atoms with Crippen molar-refractivity contribution >= 4 is 27.6 Å². The topological polar surface area (TPSA) is 106 Å². The van der Waals surface area contributed by atoms with Crippen LogP contribution < -0.4 is 15.8 Å². The van der Waals surface area contributed by atoms with Crippen molar-refractivity contribution in [2.75, 3.05) is 18.5 Å². The van der Waals surface area contributed by atoms with Crippen molar-refractivity contribution in [1.29, 1.82) is 0 Å². The number of hydrogen-bond donors (Lipinski definition) is 3. The van der Waals surface area contributed by atoms with Crippen LogP contribution in [0.4, 0.5) is 14.6 Å². The molecule has 0 bridgehead atoms. The molecule has 0 radical (unpaired) electrons. The maximum absolute atomic E-state index is 14.0. The molecule has 0 aliphatic rings. The fourth-order valence-corrected chi connectivity index (χ4v) is 3.36. The third-order valence-corrected chi connectivity index (χ3v) is 4.87. The normalized spacial score (nSPS) is 11.4. The smallest absolute Gasteiger partial charge is 0.173 e. The van der Waals surface area contributed by atoms with Gasteiger partial charge < -0.3 is 21.0 Å². The van der Waals surface area contributed by atoms with E-state index in [9.17, 15) is 8.78 Å².